The zero-order valence-electron chi connectivity index (χ0n) is 11.5. The summed E-state index contributed by atoms with van der Waals surface area (Å²) < 4.78 is 5.07. The zero-order chi connectivity index (χ0) is 13.7. The second-order valence-corrected chi connectivity index (χ2v) is 4.58. The fraction of sp³-hybridized carbons (Fsp3) is 0.400. The number of carbonyl (C=O) groups is 1. The number of hydrogen-bond donors (Lipinski definition) is 1. The van der Waals surface area contributed by atoms with E-state index >= 15 is 0 Å². The summed E-state index contributed by atoms with van der Waals surface area (Å²) in [6.07, 6.45) is 4.32. The second kappa shape index (κ2) is 6.38. The molecule has 0 aliphatic carbocycles. The summed E-state index contributed by atoms with van der Waals surface area (Å²) in [6.45, 7) is 3.82. The molecule has 1 aromatic carbocycles. The number of benzene rings is 1. The number of amides is 1. The molecule has 0 fully saturated rings. The van der Waals surface area contributed by atoms with Crippen LogP contribution in [0.1, 0.15) is 30.1 Å². The molecule has 0 radical (unpaired) electrons. The average molecular weight is 260 g/mol. The van der Waals surface area contributed by atoms with Gasteiger partial charge in [-0.15, -0.1) is 0 Å². The van der Waals surface area contributed by atoms with Crippen molar-refractivity contribution >= 4 is 5.91 Å². The van der Waals surface area contributed by atoms with Gasteiger partial charge < -0.3 is 4.74 Å². The van der Waals surface area contributed by atoms with Gasteiger partial charge in [0.25, 0.3) is 5.91 Å². The Balaban J connectivity index is 1.92. The summed E-state index contributed by atoms with van der Waals surface area (Å²) in [6, 6.07) is 7.12. The van der Waals surface area contributed by atoms with Crippen molar-refractivity contribution in [3.8, 4) is 5.75 Å². The smallest absolute Gasteiger partial charge is 0.265 e. The van der Waals surface area contributed by atoms with Crippen LogP contribution in [0, 0.1) is 0 Å². The highest BCUT2D eigenvalue weighted by Gasteiger charge is 2.14. The lowest BCUT2D eigenvalue weighted by molar-refractivity contribution is 0.0801. The predicted molar refractivity (Wildman–Crippen MR) is 75.0 cm³/mol. The first-order valence-corrected chi connectivity index (χ1v) is 6.61. The highest BCUT2D eigenvalue weighted by molar-refractivity contribution is 5.93. The highest BCUT2D eigenvalue weighted by atomic mass is 16.5. The fourth-order valence-electron chi connectivity index (χ4n) is 2.08. The van der Waals surface area contributed by atoms with Crippen LogP contribution in [0.2, 0.25) is 0 Å². The standard InChI is InChI=1S/C15H20N2O2/c1-3-12-8-10-17(11-9-12)16-15(18)13-4-6-14(19-2)7-5-13/h4-8H,3,9-11H2,1-2H3,(H,16,18). The SMILES string of the molecule is CCC1=CCN(NC(=O)c2ccc(OC)cc2)CC1. The van der Waals surface area contributed by atoms with Crippen molar-refractivity contribution in [3.05, 3.63) is 41.5 Å². The van der Waals surface area contributed by atoms with Gasteiger partial charge in [0.2, 0.25) is 0 Å². The normalized spacial score (nSPS) is 15.8. The maximum absolute atomic E-state index is 12.0. The van der Waals surface area contributed by atoms with Crippen molar-refractivity contribution in [3.63, 3.8) is 0 Å². The summed E-state index contributed by atoms with van der Waals surface area (Å²) in [5.41, 5.74) is 5.04. The molecule has 0 aromatic heterocycles. The van der Waals surface area contributed by atoms with E-state index < -0.39 is 0 Å². The molecule has 4 nitrogen and oxygen atoms in total. The van der Waals surface area contributed by atoms with Gasteiger partial charge in [-0.1, -0.05) is 18.6 Å². The van der Waals surface area contributed by atoms with Crippen LogP contribution in [-0.2, 0) is 0 Å². The maximum Gasteiger partial charge on any atom is 0.265 e. The molecule has 0 saturated heterocycles. The summed E-state index contributed by atoms with van der Waals surface area (Å²) in [4.78, 5) is 12.0. The van der Waals surface area contributed by atoms with Crippen LogP contribution in [0.5, 0.6) is 5.75 Å². The molecule has 1 aliphatic rings. The molecule has 0 bridgehead atoms. The molecule has 0 spiro atoms. The predicted octanol–water partition coefficient (Wildman–Crippen LogP) is 2.38. The molecule has 102 valence electrons. The minimum atomic E-state index is -0.0731. The van der Waals surface area contributed by atoms with Crippen LogP contribution < -0.4 is 10.2 Å². The highest BCUT2D eigenvalue weighted by Crippen LogP contribution is 2.13. The van der Waals surface area contributed by atoms with Crippen molar-refractivity contribution in [1.29, 1.82) is 0 Å². The molecule has 4 heteroatoms. The van der Waals surface area contributed by atoms with E-state index in [1.165, 1.54) is 5.57 Å². The van der Waals surface area contributed by atoms with E-state index in [9.17, 15) is 4.79 Å². The fourth-order valence-corrected chi connectivity index (χ4v) is 2.08. The van der Waals surface area contributed by atoms with E-state index in [-0.39, 0.29) is 5.91 Å². The van der Waals surface area contributed by atoms with E-state index in [4.69, 9.17) is 4.74 Å². The number of nitrogens with zero attached hydrogens (tertiary/aromatic N) is 1. The van der Waals surface area contributed by atoms with E-state index in [0.29, 0.717) is 5.56 Å². The van der Waals surface area contributed by atoms with Crippen LogP contribution in [-0.4, -0.2) is 31.1 Å². The van der Waals surface area contributed by atoms with Gasteiger partial charge in [0.05, 0.1) is 7.11 Å². The Labute approximate surface area is 114 Å². The molecule has 1 N–H and O–H groups in total. The van der Waals surface area contributed by atoms with Gasteiger partial charge in [0.1, 0.15) is 5.75 Å². The number of rotatable bonds is 4. The maximum atomic E-state index is 12.0. The monoisotopic (exact) mass is 260 g/mol. The average Bonchev–Trinajstić information content (AvgIpc) is 2.48. The van der Waals surface area contributed by atoms with Gasteiger partial charge in [-0.05, 0) is 37.1 Å². The first kappa shape index (κ1) is 13.6. The second-order valence-electron chi connectivity index (χ2n) is 4.58. The summed E-state index contributed by atoms with van der Waals surface area (Å²) in [5.74, 6) is 0.682. The van der Waals surface area contributed by atoms with Crippen LogP contribution in [0.3, 0.4) is 0 Å². The largest absolute Gasteiger partial charge is 0.497 e. The van der Waals surface area contributed by atoms with Gasteiger partial charge >= 0.3 is 0 Å². The van der Waals surface area contributed by atoms with Gasteiger partial charge in [-0.25, -0.2) is 5.01 Å². The van der Waals surface area contributed by atoms with Crippen molar-refractivity contribution in [2.75, 3.05) is 20.2 Å². The first-order valence-electron chi connectivity index (χ1n) is 6.61. The Hall–Kier alpha value is -1.81. The van der Waals surface area contributed by atoms with Crippen molar-refractivity contribution in [2.24, 2.45) is 0 Å². The van der Waals surface area contributed by atoms with E-state index in [1.807, 2.05) is 5.01 Å². The van der Waals surface area contributed by atoms with E-state index in [2.05, 4.69) is 18.4 Å². The number of hydrazine groups is 1. The molecule has 19 heavy (non-hydrogen) atoms. The summed E-state index contributed by atoms with van der Waals surface area (Å²) in [7, 11) is 1.61. The number of methoxy groups -OCH3 is 1. The Morgan fingerprint density at radius 1 is 1.37 bits per heavy atom. The molecule has 1 aliphatic heterocycles. The van der Waals surface area contributed by atoms with Crippen molar-refractivity contribution in [2.45, 2.75) is 19.8 Å². The minimum absolute atomic E-state index is 0.0731. The third-order valence-electron chi connectivity index (χ3n) is 3.37. The third-order valence-corrected chi connectivity index (χ3v) is 3.37. The Morgan fingerprint density at radius 3 is 2.63 bits per heavy atom. The number of carbonyl (C=O) groups excluding carboxylic acids is 1. The summed E-state index contributed by atoms with van der Waals surface area (Å²) in [5, 5.41) is 1.95. The molecule has 2 rings (SSSR count). The lowest BCUT2D eigenvalue weighted by Gasteiger charge is -2.26. The van der Waals surface area contributed by atoms with Crippen LogP contribution in [0.4, 0.5) is 0 Å². The molecule has 1 aromatic rings. The Kier molecular flexibility index (Phi) is 4.58. The minimum Gasteiger partial charge on any atom is -0.497 e. The first-order chi connectivity index (χ1) is 9.22. The zero-order valence-corrected chi connectivity index (χ0v) is 11.5. The van der Waals surface area contributed by atoms with Gasteiger partial charge in [0.15, 0.2) is 0 Å². The third kappa shape index (κ3) is 3.58. The van der Waals surface area contributed by atoms with E-state index in [0.717, 1.165) is 31.7 Å². The molecule has 1 heterocycles. The van der Waals surface area contributed by atoms with Gasteiger partial charge in [-0.3, -0.25) is 10.2 Å². The number of ether oxygens (including phenoxy) is 1. The van der Waals surface area contributed by atoms with Crippen LogP contribution in [0.25, 0.3) is 0 Å². The van der Waals surface area contributed by atoms with Crippen LogP contribution >= 0.6 is 0 Å². The topological polar surface area (TPSA) is 41.6 Å². The van der Waals surface area contributed by atoms with E-state index in [1.54, 1.807) is 31.4 Å². The van der Waals surface area contributed by atoms with Crippen molar-refractivity contribution < 1.29 is 9.53 Å². The van der Waals surface area contributed by atoms with Gasteiger partial charge in [0, 0.05) is 18.7 Å². The Bertz CT molecular complexity index is 466. The number of nitrogens with one attached hydrogen (secondary N) is 1. The number of hydrogen-bond acceptors (Lipinski definition) is 3. The quantitative estimate of drug-likeness (QED) is 0.845. The van der Waals surface area contributed by atoms with Crippen LogP contribution in [0.15, 0.2) is 35.9 Å². The summed E-state index contributed by atoms with van der Waals surface area (Å²) >= 11 is 0. The molecule has 0 atom stereocenters. The Morgan fingerprint density at radius 2 is 2.11 bits per heavy atom. The van der Waals surface area contributed by atoms with Gasteiger partial charge in [-0.2, -0.15) is 0 Å². The lowest BCUT2D eigenvalue weighted by Crippen LogP contribution is -2.44. The van der Waals surface area contributed by atoms with Crippen molar-refractivity contribution in [1.82, 2.24) is 10.4 Å². The molecular formula is C15H20N2O2. The molecular weight excluding hydrogens is 240 g/mol. The lowest BCUT2D eigenvalue weighted by atomic mass is 10.1. The molecule has 1 amide bonds. The molecule has 0 saturated carbocycles. The molecule has 0 unspecified atom stereocenters.